The monoisotopic (exact) mass is 187 g/mol. The molecule has 0 heterocycles. The molecule has 0 aliphatic heterocycles. The minimum atomic E-state index is 0.233. The Morgan fingerprint density at radius 3 is 2.31 bits per heavy atom. The van der Waals surface area contributed by atoms with Gasteiger partial charge in [0, 0.05) is 12.6 Å². The summed E-state index contributed by atoms with van der Waals surface area (Å²) in [7, 11) is 0. The number of hydrogen-bond donors (Lipinski definition) is 2. The summed E-state index contributed by atoms with van der Waals surface area (Å²) in [5, 5.41) is 8.88. The van der Waals surface area contributed by atoms with Gasteiger partial charge in [-0.05, 0) is 24.2 Å². The second-order valence-electron chi connectivity index (χ2n) is 5.01. The van der Waals surface area contributed by atoms with Crippen molar-refractivity contribution in [2.45, 2.75) is 53.0 Å². The van der Waals surface area contributed by atoms with Crippen LogP contribution in [0.2, 0.25) is 0 Å². The Kier molecular flexibility index (Phi) is 5.57. The van der Waals surface area contributed by atoms with Gasteiger partial charge in [0.25, 0.3) is 0 Å². The van der Waals surface area contributed by atoms with Crippen LogP contribution in [-0.2, 0) is 0 Å². The van der Waals surface area contributed by atoms with Crippen LogP contribution in [0.5, 0.6) is 0 Å². The van der Waals surface area contributed by atoms with Crippen LogP contribution in [0.1, 0.15) is 47.0 Å². The lowest BCUT2D eigenvalue weighted by molar-refractivity contribution is 0.206. The first-order chi connectivity index (χ1) is 5.91. The minimum Gasteiger partial charge on any atom is -0.396 e. The van der Waals surface area contributed by atoms with E-state index in [1.807, 2.05) is 6.92 Å². The molecular formula is C11H25NO. The summed E-state index contributed by atoms with van der Waals surface area (Å²) in [5.41, 5.74) is 6.34. The molecule has 0 radical (unpaired) electrons. The van der Waals surface area contributed by atoms with Gasteiger partial charge in [0.15, 0.2) is 0 Å². The maximum absolute atomic E-state index is 8.88. The zero-order chi connectivity index (χ0) is 10.5. The van der Waals surface area contributed by atoms with Crippen molar-refractivity contribution in [2.24, 2.45) is 17.1 Å². The van der Waals surface area contributed by atoms with Gasteiger partial charge in [0.1, 0.15) is 0 Å². The Morgan fingerprint density at radius 1 is 1.38 bits per heavy atom. The van der Waals surface area contributed by atoms with Crippen LogP contribution in [0.3, 0.4) is 0 Å². The van der Waals surface area contributed by atoms with Crippen molar-refractivity contribution in [3.05, 3.63) is 0 Å². The molecule has 0 aliphatic rings. The summed E-state index contributed by atoms with van der Waals surface area (Å²) in [6.07, 6.45) is 3.14. The Balaban J connectivity index is 3.79. The summed E-state index contributed by atoms with van der Waals surface area (Å²) in [6, 6.07) is 0.233. The Hall–Kier alpha value is -0.0800. The van der Waals surface area contributed by atoms with Crippen molar-refractivity contribution in [3.8, 4) is 0 Å². The van der Waals surface area contributed by atoms with Crippen molar-refractivity contribution in [2.75, 3.05) is 6.61 Å². The zero-order valence-electron chi connectivity index (χ0n) is 9.51. The first kappa shape index (κ1) is 12.9. The van der Waals surface area contributed by atoms with Gasteiger partial charge in [-0.2, -0.15) is 0 Å². The average Bonchev–Trinajstić information content (AvgIpc) is 2.03. The zero-order valence-corrected chi connectivity index (χ0v) is 9.51. The van der Waals surface area contributed by atoms with Crippen molar-refractivity contribution in [1.82, 2.24) is 0 Å². The molecule has 80 valence electrons. The van der Waals surface area contributed by atoms with Gasteiger partial charge in [-0.3, -0.25) is 0 Å². The summed E-state index contributed by atoms with van der Waals surface area (Å²) < 4.78 is 0. The van der Waals surface area contributed by atoms with Crippen molar-refractivity contribution in [3.63, 3.8) is 0 Å². The van der Waals surface area contributed by atoms with Crippen LogP contribution < -0.4 is 5.73 Å². The van der Waals surface area contributed by atoms with E-state index in [1.54, 1.807) is 0 Å². The second-order valence-corrected chi connectivity index (χ2v) is 5.01. The number of rotatable bonds is 6. The molecule has 2 atom stereocenters. The normalized spacial score (nSPS) is 17.1. The van der Waals surface area contributed by atoms with E-state index in [2.05, 4.69) is 20.8 Å². The molecule has 0 rings (SSSR count). The maximum Gasteiger partial charge on any atom is 0.0457 e. The van der Waals surface area contributed by atoms with Crippen LogP contribution in [0.15, 0.2) is 0 Å². The van der Waals surface area contributed by atoms with E-state index in [1.165, 1.54) is 0 Å². The molecule has 0 aromatic carbocycles. The largest absolute Gasteiger partial charge is 0.396 e. The van der Waals surface area contributed by atoms with Gasteiger partial charge in [-0.25, -0.2) is 0 Å². The molecule has 0 saturated carbocycles. The summed E-state index contributed by atoms with van der Waals surface area (Å²) >= 11 is 0. The third-order valence-corrected chi connectivity index (χ3v) is 2.79. The molecule has 0 spiro atoms. The quantitative estimate of drug-likeness (QED) is 0.669. The topological polar surface area (TPSA) is 46.2 Å². The van der Waals surface area contributed by atoms with E-state index in [-0.39, 0.29) is 12.6 Å². The lowest BCUT2D eigenvalue weighted by Crippen LogP contribution is -2.30. The second kappa shape index (κ2) is 5.61. The number of aliphatic hydroxyl groups is 1. The van der Waals surface area contributed by atoms with Crippen LogP contribution >= 0.6 is 0 Å². The third-order valence-electron chi connectivity index (χ3n) is 2.79. The van der Waals surface area contributed by atoms with E-state index in [9.17, 15) is 0 Å². The van der Waals surface area contributed by atoms with Crippen molar-refractivity contribution >= 4 is 0 Å². The van der Waals surface area contributed by atoms with Gasteiger partial charge < -0.3 is 10.8 Å². The fraction of sp³-hybridized carbons (Fsp3) is 1.00. The molecule has 0 aromatic rings. The van der Waals surface area contributed by atoms with Crippen LogP contribution in [0.4, 0.5) is 0 Å². The lowest BCUT2D eigenvalue weighted by Gasteiger charge is -2.27. The first-order valence-corrected chi connectivity index (χ1v) is 5.27. The van der Waals surface area contributed by atoms with E-state index in [0.29, 0.717) is 11.3 Å². The van der Waals surface area contributed by atoms with E-state index < -0.39 is 0 Å². The van der Waals surface area contributed by atoms with Crippen molar-refractivity contribution < 1.29 is 5.11 Å². The number of nitrogens with two attached hydrogens (primary N) is 1. The van der Waals surface area contributed by atoms with E-state index in [4.69, 9.17) is 10.8 Å². The number of hydrogen-bond acceptors (Lipinski definition) is 2. The van der Waals surface area contributed by atoms with Crippen LogP contribution in [-0.4, -0.2) is 17.8 Å². The van der Waals surface area contributed by atoms with E-state index >= 15 is 0 Å². The third kappa shape index (κ3) is 6.05. The predicted octanol–water partition coefficient (Wildman–Crippen LogP) is 2.16. The average molecular weight is 187 g/mol. The van der Waals surface area contributed by atoms with Gasteiger partial charge >= 0.3 is 0 Å². The Morgan fingerprint density at radius 2 is 1.92 bits per heavy atom. The maximum atomic E-state index is 8.88. The van der Waals surface area contributed by atoms with Gasteiger partial charge in [-0.15, -0.1) is 0 Å². The molecule has 3 N–H and O–H groups in total. The molecule has 0 amide bonds. The smallest absolute Gasteiger partial charge is 0.0457 e. The molecular weight excluding hydrogens is 162 g/mol. The molecule has 13 heavy (non-hydrogen) atoms. The first-order valence-electron chi connectivity index (χ1n) is 5.27. The fourth-order valence-electron chi connectivity index (χ4n) is 1.53. The van der Waals surface area contributed by atoms with E-state index in [0.717, 1.165) is 19.3 Å². The molecule has 2 nitrogen and oxygen atoms in total. The minimum absolute atomic E-state index is 0.233. The van der Waals surface area contributed by atoms with Gasteiger partial charge in [-0.1, -0.05) is 34.1 Å². The lowest BCUT2D eigenvalue weighted by atomic mass is 9.81. The highest BCUT2D eigenvalue weighted by atomic mass is 16.3. The molecule has 0 bridgehead atoms. The Labute approximate surface area is 82.5 Å². The molecule has 0 fully saturated rings. The summed E-state index contributed by atoms with van der Waals surface area (Å²) in [5.74, 6) is 0.336. The molecule has 0 aliphatic carbocycles. The molecule has 0 aromatic heterocycles. The molecule has 0 saturated heterocycles. The Bertz CT molecular complexity index is 134. The SMILES string of the molecule is CCC(C)(C)CC(N)CC(C)CO. The standard InChI is InChI=1S/C11H25NO/c1-5-11(3,4)7-10(12)6-9(2)8-13/h9-10,13H,5-8,12H2,1-4H3. The highest BCUT2D eigenvalue weighted by Gasteiger charge is 2.20. The van der Waals surface area contributed by atoms with Crippen LogP contribution in [0, 0.1) is 11.3 Å². The van der Waals surface area contributed by atoms with Crippen molar-refractivity contribution in [1.29, 1.82) is 0 Å². The molecule has 2 unspecified atom stereocenters. The molecule has 2 heteroatoms. The predicted molar refractivity (Wildman–Crippen MR) is 57.5 cm³/mol. The summed E-state index contributed by atoms with van der Waals surface area (Å²) in [6.45, 7) is 8.98. The fourth-order valence-corrected chi connectivity index (χ4v) is 1.53. The summed E-state index contributed by atoms with van der Waals surface area (Å²) in [4.78, 5) is 0. The van der Waals surface area contributed by atoms with Gasteiger partial charge in [0.2, 0.25) is 0 Å². The van der Waals surface area contributed by atoms with Crippen LogP contribution in [0.25, 0.3) is 0 Å². The highest BCUT2D eigenvalue weighted by molar-refractivity contribution is 4.75. The number of aliphatic hydroxyl groups excluding tert-OH is 1. The highest BCUT2D eigenvalue weighted by Crippen LogP contribution is 2.27. The van der Waals surface area contributed by atoms with Gasteiger partial charge in [0.05, 0.1) is 0 Å².